The Morgan fingerprint density at radius 2 is 1.68 bits per heavy atom. The van der Waals surface area contributed by atoms with Crippen molar-refractivity contribution in [2.45, 2.75) is 26.7 Å². The van der Waals surface area contributed by atoms with Crippen molar-refractivity contribution in [2.75, 3.05) is 50.8 Å². The minimum Gasteiger partial charge on any atom is -0.477 e. The van der Waals surface area contributed by atoms with Gasteiger partial charge in [0.15, 0.2) is 0 Å². The highest BCUT2D eigenvalue weighted by Gasteiger charge is 2.39. The van der Waals surface area contributed by atoms with Crippen LogP contribution in [0.15, 0.2) is 36.4 Å². The van der Waals surface area contributed by atoms with Gasteiger partial charge in [-0.2, -0.15) is 0 Å². The van der Waals surface area contributed by atoms with Crippen LogP contribution in [0, 0.1) is 6.92 Å². The number of nitrogens with zero attached hydrogens (tertiary/aromatic N) is 4. The van der Waals surface area contributed by atoms with E-state index < -0.39 is 0 Å². The molecule has 0 N–H and O–H groups in total. The molecule has 1 aromatic heterocycles. The third kappa shape index (κ3) is 4.56. The lowest BCUT2D eigenvalue weighted by molar-refractivity contribution is 0.0649. The predicted molar refractivity (Wildman–Crippen MR) is 120 cm³/mol. The van der Waals surface area contributed by atoms with Crippen LogP contribution in [0.4, 0.5) is 5.69 Å². The summed E-state index contributed by atoms with van der Waals surface area (Å²) in [6, 6.07) is 12.2. The first kappa shape index (κ1) is 21.3. The van der Waals surface area contributed by atoms with Crippen molar-refractivity contribution in [3.05, 3.63) is 53.2 Å². The molecule has 3 heterocycles. The summed E-state index contributed by atoms with van der Waals surface area (Å²) in [5, 5.41) is 0. The fraction of sp³-hybridized carbons (Fsp3) is 0.458. The van der Waals surface area contributed by atoms with Gasteiger partial charge in [-0.15, -0.1) is 0 Å². The Hall–Kier alpha value is -2.93. The Morgan fingerprint density at radius 3 is 2.39 bits per heavy atom. The summed E-state index contributed by atoms with van der Waals surface area (Å²) >= 11 is 0. The van der Waals surface area contributed by atoms with E-state index in [1.807, 2.05) is 13.0 Å². The maximum Gasteiger partial charge on any atom is 0.267 e. The summed E-state index contributed by atoms with van der Waals surface area (Å²) in [6.45, 7) is 9.58. The van der Waals surface area contributed by atoms with E-state index in [4.69, 9.17) is 4.74 Å². The number of hydrogen-bond donors (Lipinski definition) is 0. The lowest BCUT2D eigenvalue weighted by Crippen LogP contribution is -2.46. The van der Waals surface area contributed by atoms with Gasteiger partial charge in [0.1, 0.15) is 5.56 Å². The van der Waals surface area contributed by atoms with Gasteiger partial charge in [0.25, 0.3) is 11.8 Å². The Bertz CT molecular complexity index is 939. The van der Waals surface area contributed by atoms with Crippen LogP contribution in [0.2, 0.25) is 0 Å². The summed E-state index contributed by atoms with van der Waals surface area (Å²) < 4.78 is 5.52. The van der Waals surface area contributed by atoms with Crippen molar-refractivity contribution in [1.29, 1.82) is 0 Å². The molecule has 31 heavy (non-hydrogen) atoms. The number of piperazine rings is 1. The van der Waals surface area contributed by atoms with Gasteiger partial charge >= 0.3 is 0 Å². The first-order valence-corrected chi connectivity index (χ1v) is 11.1. The third-order valence-corrected chi connectivity index (χ3v) is 5.93. The van der Waals surface area contributed by atoms with Crippen LogP contribution in [0.3, 0.4) is 0 Å². The van der Waals surface area contributed by atoms with Gasteiger partial charge in [-0.05, 0) is 51.4 Å². The van der Waals surface area contributed by atoms with E-state index in [0.717, 1.165) is 45.6 Å². The molecule has 164 valence electrons. The molecule has 0 spiro atoms. The monoisotopic (exact) mass is 422 g/mol. The number of para-hydroxylation sites is 1. The van der Waals surface area contributed by atoms with Crippen LogP contribution in [-0.4, -0.2) is 72.5 Å². The number of aryl methyl sites for hydroxylation is 1. The number of amides is 2. The Kier molecular flexibility index (Phi) is 6.51. The second-order valence-corrected chi connectivity index (χ2v) is 8.06. The van der Waals surface area contributed by atoms with E-state index in [1.54, 1.807) is 13.0 Å². The number of pyridine rings is 1. The van der Waals surface area contributed by atoms with E-state index >= 15 is 0 Å². The predicted octanol–water partition coefficient (Wildman–Crippen LogP) is 2.99. The number of rotatable bonds is 8. The molecule has 0 bridgehead atoms. The van der Waals surface area contributed by atoms with Crippen LogP contribution in [0.1, 0.15) is 46.2 Å². The van der Waals surface area contributed by atoms with Crippen LogP contribution >= 0.6 is 0 Å². The maximum absolute atomic E-state index is 12.8. The summed E-state index contributed by atoms with van der Waals surface area (Å²) in [5.74, 6) is -0.245. The number of fused-ring (bicyclic) bond motifs is 1. The summed E-state index contributed by atoms with van der Waals surface area (Å²) in [5.41, 5.74) is 2.69. The highest BCUT2D eigenvalue weighted by atomic mass is 16.5. The maximum atomic E-state index is 12.8. The first-order chi connectivity index (χ1) is 15.1. The number of ether oxygens (including phenoxy) is 1. The van der Waals surface area contributed by atoms with Crippen LogP contribution in [0.25, 0.3) is 0 Å². The van der Waals surface area contributed by atoms with Crippen LogP contribution in [0.5, 0.6) is 5.88 Å². The molecule has 7 heteroatoms. The summed E-state index contributed by atoms with van der Waals surface area (Å²) in [7, 11) is 0. The zero-order chi connectivity index (χ0) is 21.8. The number of benzene rings is 1. The fourth-order valence-corrected chi connectivity index (χ4v) is 4.31. The van der Waals surface area contributed by atoms with Gasteiger partial charge in [-0.1, -0.05) is 18.2 Å². The number of aromatic nitrogens is 1. The SMILES string of the molecule is CCOc1nc(C)cc2c1C(=O)N(CCCCN1CCN(c3ccccc3)CC1)C2=O. The molecule has 2 aromatic rings. The molecule has 0 saturated carbocycles. The normalized spacial score (nSPS) is 16.7. The third-order valence-electron chi connectivity index (χ3n) is 5.93. The lowest BCUT2D eigenvalue weighted by atomic mass is 10.1. The van der Waals surface area contributed by atoms with E-state index in [0.29, 0.717) is 30.0 Å². The summed E-state index contributed by atoms with van der Waals surface area (Å²) in [6.07, 6.45) is 1.75. The number of carbonyl (C=O) groups is 2. The van der Waals surface area contributed by atoms with Crippen molar-refractivity contribution in [3.8, 4) is 5.88 Å². The minimum atomic E-state index is -0.285. The Morgan fingerprint density at radius 1 is 0.968 bits per heavy atom. The average molecular weight is 423 g/mol. The fourth-order valence-electron chi connectivity index (χ4n) is 4.31. The van der Waals surface area contributed by atoms with Gasteiger partial charge < -0.3 is 9.64 Å². The molecule has 1 aromatic carbocycles. The molecule has 0 atom stereocenters. The molecule has 2 aliphatic rings. The van der Waals surface area contributed by atoms with E-state index in [1.165, 1.54) is 10.6 Å². The van der Waals surface area contributed by atoms with Gasteiger partial charge in [0.05, 0.1) is 12.2 Å². The highest BCUT2D eigenvalue weighted by molar-refractivity contribution is 6.22. The van der Waals surface area contributed by atoms with E-state index in [2.05, 4.69) is 39.0 Å². The van der Waals surface area contributed by atoms with Gasteiger partial charge in [-0.3, -0.25) is 19.4 Å². The van der Waals surface area contributed by atoms with Crippen molar-refractivity contribution < 1.29 is 14.3 Å². The number of carbonyl (C=O) groups excluding carboxylic acids is 2. The largest absolute Gasteiger partial charge is 0.477 e. The number of anilines is 1. The van der Waals surface area contributed by atoms with Crippen LogP contribution in [-0.2, 0) is 0 Å². The zero-order valence-electron chi connectivity index (χ0n) is 18.3. The summed E-state index contributed by atoms with van der Waals surface area (Å²) in [4.78, 5) is 36.2. The molecular formula is C24H30N4O3. The molecule has 1 saturated heterocycles. The molecular weight excluding hydrogens is 392 g/mol. The number of imide groups is 1. The molecule has 0 radical (unpaired) electrons. The topological polar surface area (TPSA) is 66.0 Å². The average Bonchev–Trinajstić information content (AvgIpc) is 3.02. The molecule has 1 fully saturated rings. The Labute approximate surface area is 183 Å². The van der Waals surface area contributed by atoms with Gasteiger partial charge in [0, 0.05) is 44.1 Å². The van der Waals surface area contributed by atoms with Crippen molar-refractivity contribution in [2.24, 2.45) is 0 Å². The molecule has 0 unspecified atom stereocenters. The Balaban J connectivity index is 1.26. The molecule has 2 amide bonds. The molecule has 0 aliphatic carbocycles. The number of hydrogen-bond acceptors (Lipinski definition) is 6. The van der Waals surface area contributed by atoms with E-state index in [-0.39, 0.29) is 17.7 Å². The quantitative estimate of drug-likeness (QED) is 0.481. The molecule has 7 nitrogen and oxygen atoms in total. The molecule has 2 aliphatic heterocycles. The molecule has 4 rings (SSSR count). The van der Waals surface area contributed by atoms with Gasteiger partial charge in [-0.25, -0.2) is 4.98 Å². The second kappa shape index (κ2) is 9.47. The minimum absolute atomic E-state index is 0.233. The van der Waals surface area contributed by atoms with Crippen LogP contribution < -0.4 is 9.64 Å². The zero-order valence-corrected chi connectivity index (χ0v) is 18.3. The van der Waals surface area contributed by atoms with E-state index in [9.17, 15) is 9.59 Å². The lowest BCUT2D eigenvalue weighted by Gasteiger charge is -2.36. The number of unbranched alkanes of at least 4 members (excludes halogenated alkanes) is 1. The smallest absolute Gasteiger partial charge is 0.267 e. The van der Waals surface area contributed by atoms with Crippen molar-refractivity contribution in [3.63, 3.8) is 0 Å². The standard InChI is InChI=1S/C24H30N4O3/c1-3-31-22-21-20(17-18(2)25-22)23(29)28(24(21)30)12-8-7-11-26-13-15-27(16-14-26)19-9-5-4-6-10-19/h4-6,9-10,17H,3,7-8,11-16H2,1-2H3. The second-order valence-electron chi connectivity index (χ2n) is 8.06. The first-order valence-electron chi connectivity index (χ1n) is 11.1. The van der Waals surface area contributed by atoms with Gasteiger partial charge in [0.2, 0.25) is 5.88 Å². The van der Waals surface area contributed by atoms with Crippen molar-refractivity contribution in [1.82, 2.24) is 14.8 Å². The van der Waals surface area contributed by atoms with Crippen molar-refractivity contribution >= 4 is 17.5 Å². The highest BCUT2D eigenvalue weighted by Crippen LogP contribution is 2.30.